The molecule has 0 spiro atoms. The van der Waals surface area contributed by atoms with Gasteiger partial charge in [-0.05, 0) is 23.6 Å². The fourth-order valence-corrected chi connectivity index (χ4v) is 4.65. The van der Waals surface area contributed by atoms with Gasteiger partial charge in [-0.3, -0.25) is 0 Å². The first-order chi connectivity index (χ1) is 15.7. The molecule has 4 rings (SSSR count). The SMILES string of the molecule is C[C@@H]1O[C@@H](Br)[C@H](OCc2ccccc2)[C@H](OCc2ccccc2)[C@H]1OCc1ccccc1. The summed E-state index contributed by atoms with van der Waals surface area (Å²) in [6, 6.07) is 30.5. The zero-order valence-corrected chi connectivity index (χ0v) is 19.8. The molecule has 0 bridgehead atoms. The van der Waals surface area contributed by atoms with Crippen LogP contribution in [0.15, 0.2) is 91.0 Å². The second-order valence-corrected chi connectivity index (χ2v) is 8.88. The van der Waals surface area contributed by atoms with Crippen LogP contribution < -0.4 is 0 Å². The average molecular weight is 497 g/mol. The molecule has 0 saturated carbocycles. The lowest BCUT2D eigenvalue weighted by Crippen LogP contribution is -2.57. The smallest absolute Gasteiger partial charge is 0.141 e. The van der Waals surface area contributed by atoms with E-state index in [0.717, 1.165) is 16.7 Å². The van der Waals surface area contributed by atoms with Crippen molar-refractivity contribution in [3.05, 3.63) is 108 Å². The van der Waals surface area contributed by atoms with Gasteiger partial charge in [0.1, 0.15) is 23.3 Å². The Bertz CT molecular complexity index is 867. The van der Waals surface area contributed by atoms with Crippen LogP contribution in [0.3, 0.4) is 0 Å². The van der Waals surface area contributed by atoms with E-state index in [1.165, 1.54) is 0 Å². The average Bonchev–Trinajstić information content (AvgIpc) is 2.83. The molecule has 0 N–H and O–H groups in total. The first-order valence-electron chi connectivity index (χ1n) is 11.0. The zero-order valence-electron chi connectivity index (χ0n) is 18.2. The van der Waals surface area contributed by atoms with Gasteiger partial charge < -0.3 is 18.9 Å². The lowest BCUT2D eigenvalue weighted by atomic mass is 10.00. The molecular formula is C27H29BrO4. The summed E-state index contributed by atoms with van der Waals surface area (Å²) in [5.74, 6) is 0. The Hall–Kier alpha value is -2.02. The normalized spacial score (nSPS) is 25.5. The van der Waals surface area contributed by atoms with E-state index in [2.05, 4.69) is 52.3 Å². The van der Waals surface area contributed by atoms with E-state index in [9.17, 15) is 0 Å². The number of rotatable bonds is 9. The fraction of sp³-hybridized carbons (Fsp3) is 0.333. The molecule has 3 aromatic carbocycles. The molecule has 5 atom stereocenters. The van der Waals surface area contributed by atoms with E-state index in [1.807, 2.05) is 61.5 Å². The van der Waals surface area contributed by atoms with Gasteiger partial charge in [0.2, 0.25) is 0 Å². The molecule has 0 unspecified atom stereocenters. The highest BCUT2D eigenvalue weighted by molar-refractivity contribution is 9.09. The summed E-state index contributed by atoms with van der Waals surface area (Å²) in [5, 5.41) is -0.293. The Morgan fingerprint density at radius 1 is 0.594 bits per heavy atom. The topological polar surface area (TPSA) is 36.9 Å². The Balaban J connectivity index is 1.50. The standard InChI is InChI=1S/C27H29BrO4/c1-20-24(29-17-21-11-5-2-6-12-21)25(30-18-22-13-7-3-8-14-22)26(27(28)32-20)31-19-23-15-9-4-10-16-23/h2-16,20,24-27H,17-19H2,1H3/t20-,24-,25+,26+,27+/m0/s1. The molecule has 1 saturated heterocycles. The molecule has 0 aliphatic carbocycles. The van der Waals surface area contributed by atoms with Crippen LogP contribution in [0.4, 0.5) is 0 Å². The van der Waals surface area contributed by atoms with Crippen LogP contribution in [0.5, 0.6) is 0 Å². The second-order valence-electron chi connectivity index (χ2n) is 7.98. The van der Waals surface area contributed by atoms with Crippen molar-refractivity contribution < 1.29 is 18.9 Å². The molecule has 1 aliphatic heterocycles. The monoisotopic (exact) mass is 496 g/mol. The van der Waals surface area contributed by atoms with Crippen molar-refractivity contribution in [1.29, 1.82) is 0 Å². The van der Waals surface area contributed by atoms with Gasteiger partial charge in [-0.1, -0.05) is 107 Å². The summed E-state index contributed by atoms with van der Waals surface area (Å²) >= 11 is 3.68. The molecule has 1 aliphatic rings. The molecule has 4 nitrogen and oxygen atoms in total. The van der Waals surface area contributed by atoms with Crippen molar-refractivity contribution in [3.8, 4) is 0 Å². The van der Waals surface area contributed by atoms with Gasteiger partial charge in [0.25, 0.3) is 0 Å². The van der Waals surface area contributed by atoms with Gasteiger partial charge in [0, 0.05) is 0 Å². The van der Waals surface area contributed by atoms with Gasteiger partial charge in [-0.25, -0.2) is 0 Å². The number of alkyl halides is 1. The molecule has 5 heteroatoms. The predicted octanol–water partition coefficient (Wildman–Crippen LogP) is 5.88. The predicted molar refractivity (Wildman–Crippen MR) is 128 cm³/mol. The van der Waals surface area contributed by atoms with Crippen LogP contribution in [0, 0.1) is 0 Å². The molecular weight excluding hydrogens is 468 g/mol. The third kappa shape index (κ3) is 6.27. The van der Waals surface area contributed by atoms with Gasteiger partial charge in [0.15, 0.2) is 0 Å². The van der Waals surface area contributed by atoms with E-state index < -0.39 is 0 Å². The third-order valence-corrected chi connectivity index (χ3v) is 6.31. The van der Waals surface area contributed by atoms with Crippen LogP contribution in [-0.4, -0.2) is 29.4 Å². The van der Waals surface area contributed by atoms with E-state index >= 15 is 0 Å². The molecule has 168 valence electrons. The van der Waals surface area contributed by atoms with Gasteiger partial charge in [-0.2, -0.15) is 0 Å². The summed E-state index contributed by atoms with van der Waals surface area (Å²) < 4.78 is 25.3. The molecule has 0 radical (unpaired) electrons. The maximum absolute atomic E-state index is 6.45. The first kappa shape index (κ1) is 23.1. The number of halogens is 1. The van der Waals surface area contributed by atoms with Crippen LogP contribution >= 0.6 is 15.9 Å². The number of benzene rings is 3. The maximum atomic E-state index is 6.45. The summed E-state index contributed by atoms with van der Waals surface area (Å²) in [6.07, 6.45) is -1.04. The Labute approximate surface area is 198 Å². The van der Waals surface area contributed by atoms with Crippen molar-refractivity contribution in [3.63, 3.8) is 0 Å². The third-order valence-electron chi connectivity index (χ3n) is 5.57. The highest BCUT2D eigenvalue weighted by atomic mass is 79.9. The summed E-state index contributed by atoms with van der Waals surface area (Å²) in [4.78, 5) is 0. The van der Waals surface area contributed by atoms with Crippen LogP contribution in [0.25, 0.3) is 0 Å². The molecule has 32 heavy (non-hydrogen) atoms. The van der Waals surface area contributed by atoms with Crippen molar-refractivity contribution in [2.45, 2.75) is 56.2 Å². The minimum atomic E-state index is -0.323. The fourth-order valence-electron chi connectivity index (χ4n) is 3.85. The summed E-state index contributed by atoms with van der Waals surface area (Å²) in [7, 11) is 0. The Morgan fingerprint density at radius 3 is 1.41 bits per heavy atom. The lowest BCUT2D eigenvalue weighted by Gasteiger charge is -2.43. The van der Waals surface area contributed by atoms with E-state index in [0.29, 0.717) is 19.8 Å². The first-order valence-corrected chi connectivity index (χ1v) is 11.9. The van der Waals surface area contributed by atoms with Crippen molar-refractivity contribution in [2.24, 2.45) is 0 Å². The van der Waals surface area contributed by atoms with E-state index in [4.69, 9.17) is 18.9 Å². The minimum absolute atomic E-state index is 0.152. The van der Waals surface area contributed by atoms with Crippen LogP contribution in [0.1, 0.15) is 23.6 Å². The van der Waals surface area contributed by atoms with Crippen molar-refractivity contribution in [2.75, 3.05) is 0 Å². The van der Waals surface area contributed by atoms with Gasteiger partial charge >= 0.3 is 0 Å². The van der Waals surface area contributed by atoms with E-state index in [-0.39, 0.29) is 29.4 Å². The molecule has 3 aromatic rings. The van der Waals surface area contributed by atoms with Crippen molar-refractivity contribution >= 4 is 15.9 Å². The van der Waals surface area contributed by atoms with Gasteiger partial charge in [0.05, 0.1) is 25.9 Å². The van der Waals surface area contributed by atoms with Crippen molar-refractivity contribution in [1.82, 2.24) is 0 Å². The largest absolute Gasteiger partial charge is 0.368 e. The summed E-state index contributed by atoms with van der Waals surface area (Å²) in [5.41, 5.74) is 3.33. The van der Waals surface area contributed by atoms with E-state index in [1.54, 1.807) is 0 Å². The minimum Gasteiger partial charge on any atom is -0.368 e. The number of hydrogen-bond acceptors (Lipinski definition) is 4. The molecule has 0 amide bonds. The maximum Gasteiger partial charge on any atom is 0.141 e. The quantitative estimate of drug-likeness (QED) is 0.346. The molecule has 1 fully saturated rings. The van der Waals surface area contributed by atoms with Gasteiger partial charge in [-0.15, -0.1) is 0 Å². The van der Waals surface area contributed by atoms with Crippen LogP contribution in [0.2, 0.25) is 0 Å². The molecule has 1 heterocycles. The Morgan fingerprint density at radius 2 is 0.969 bits per heavy atom. The lowest BCUT2D eigenvalue weighted by molar-refractivity contribution is -0.241. The number of ether oxygens (including phenoxy) is 4. The second kappa shape index (κ2) is 11.7. The zero-order chi connectivity index (χ0) is 22.2. The summed E-state index contributed by atoms with van der Waals surface area (Å²) in [6.45, 7) is 3.47. The highest BCUT2D eigenvalue weighted by Crippen LogP contribution is 2.32. The number of hydrogen-bond donors (Lipinski definition) is 0. The highest BCUT2D eigenvalue weighted by Gasteiger charge is 2.45. The van der Waals surface area contributed by atoms with Crippen LogP contribution in [-0.2, 0) is 38.8 Å². The Kier molecular flexibility index (Phi) is 8.49. The molecule has 0 aromatic heterocycles.